The van der Waals surface area contributed by atoms with Crippen LogP contribution in [0.5, 0.6) is 0 Å². The van der Waals surface area contributed by atoms with E-state index in [2.05, 4.69) is 50.4 Å². The second kappa shape index (κ2) is 7.95. The maximum absolute atomic E-state index is 10.3. The average molecular weight is 289 g/mol. The minimum absolute atomic E-state index is 0.395. The zero-order valence-corrected chi connectivity index (χ0v) is 13.8. The molecule has 2 heteroatoms. The van der Waals surface area contributed by atoms with Crippen LogP contribution in [0.15, 0.2) is 24.3 Å². The van der Waals surface area contributed by atoms with Crippen molar-refractivity contribution in [2.24, 2.45) is 5.92 Å². The van der Waals surface area contributed by atoms with E-state index in [0.29, 0.717) is 18.5 Å². The van der Waals surface area contributed by atoms with Crippen molar-refractivity contribution in [1.29, 1.82) is 0 Å². The molecule has 0 heterocycles. The van der Waals surface area contributed by atoms with Gasteiger partial charge in [-0.1, -0.05) is 64.3 Å². The SMILES string of the molecule is CCC1CCCC(NCC(O)c2ccc(C(C)C)cc2)C1. The van der Waals surface area contributed by atoms with E-state index in [0.717, 1.165) is 11.5 Å². The Labute approximate surface area is 130 Å². The Bertz CT molecular complexity index is 412. The first-order chi connectivity index (χ1) is 10.1. The Morgan fingerprint density at radius 1 is 1.14 bits per heavy atom. The van der Waals surface area contributed by atoms with E-state index in [9.17, 15) is 5.11 Å². The molecule has 0 radical (unpaired) electrons. The normalized spacial score (nSPS) is 24.2. The first kappa shape index (κ1) is 16.5. The van der Waals surface area contributed by atoms with Crippen LogP contribution in [-0.4, -0.2) is 17.7 Å². The van der Waals surface area contributed by atoms with Crippen molar-refractivity contribution in [1.82, 2.24) is 5.32 Å². The third kappa shape index (κ3) is 4.82. The summed E-state index contributed by atoms with van der Waals surface area (Å²) in [5.74, 6) is 1.42. The minimum atomic E-state index is -0.395. The Kier molecular flexibility index (Phi) is 6.25. The summed E-state index contributed by atoms with van der Waals surface area (Å²) in [6, 6.07) is 9.00. The third-order valence-electron chi connectivity index (χ3n) is 4.95. The van der Waals surface area contributed by atoms with Crippen LogP contribution in [0.2, 0.25) is 0 Å². The highest BCUT2D eigenvalue weighted by molar-refractivity contribution is 5.26. The number of benzene rings is 1. The smallest absolute Gasteiger partial charge is 0.0914 e. The van der Waals surface area contributed by atoms with Crippen molar-refractivity contribution in [3.63, 3.8) is 0 Å². The van der Waals surface area contributed by atoms with Crippen LogP contribution < -0.4 is 5.32 Å². The zero-order valence-electron chi connectivity index (χ0n) is 13.8. The second-order valence-corrected chi connectivity index (χ2v) is 6.88. The molecule has 3 atom stereocenters. The second-order valence-electron chi connectivity index (χ2n) is 6.88. The molecule has 118 valence electrons. The molecule has 0 bridgehead atoms. The molecule has 2 rings (SSSR count). The Morgan fingerprint density at radius 3 is 2.43 bits per heavy atom. The molecule has 1 aromatic carbocycles. The number of hydrogen-bond acceptors (Lipinski definition) is 2. The molecule has 1 aromatic rings. The fourth-order valence-electron chi connectivity index (χ4n) is 3.35. The van der Waals surface area contributed by atoms with E-state index in [4.69, 9.17) is 0 Å². The summed E-state index contributed by atoms with van der Waals surface area (Å²) in [7, 11) is 0. The third-order valence-corrected chi connectivity index (χ3v) is 4.95. The molecule has 0 amide bonds. The lowest BCUT2D eigenvalue weighted by Crippen LogP contribution is -2.36. The van der Waals surface area contributed by atoms with Gasteiger partial charge in [0.15, 0.2) is 0 Å². The maximum atomic E-state index is 10.3. The predicted molar refractivity (Wildman–Crippen MR) is 89.5 cm³/mol. The average Bonchev–Trinajstić information content (AvgIpc) is 2.53. The molecule has 1 aliphatic carbocycles. The van der Waals surface area contributed by atoms with Gasteiger partial charge in [0.05, 0.1) is 6.10 Å². The lowest BCUT2D eigenvalue weighted by atomic mass is 9.84. The van der Waals surface area contributed by atoms with Crippen molar-refractivity contribution >= 4 is 0 Å². The molecule has 2 N–H and O–H groups in total. The van der Waals surface area contributed by atoms with Crippen LogP contribution in [0.25, 0.3) is 0 Å². The van der Waals surface area contributed by atoms with Gasteiger partial charge in [-0.05, 0) is 35.8 Å². The molecule has 0 saturated heterocycles. The summed E-state index contributed by atoms with van der Waals surface area (Å²) in [5.41, 5.74) is 2.35. The van der Waals surface area contributed by atoms with E-state index in [1.165, 1.54) is 37.7 Å². The largest absolute Gasteiger partial charge is 0.387 e. The highest BCUT2D eigenvalue weighted by Gasteiger charge is 2.21. The van der Waals surface area contributed by atoms with Crippen LogP contribution >= 0.6 is 0 Å². The molecule has 1 saturated carbocycles. The lowest BCUT2D eigenvalue weighted by Gasteiger charge is -2.30. The van der Waals surface area contributed by atoms with Crippen LogP contribution in [0.4, 0.5) is 0 Å². The molecule has 21 heavy (non-hydrogen) atoms. The van der Waals surface area contributed by atoms with E-state index >= 15 is 0 Å². The van der Waals surface area contributed by atoms with E-state index in [-0.39, 0.29) is 0 Å². The van der Waals surface area contributed by atoms with Gasteiger partial charge in [-0.2, -0.15) is 0 Å². The minimum Gasteiger partial charge on any atom is -0.387 e. The Balaban J connectivity index is 1.82. The molecule has 1 fully saturated rings. The fourth-order valence-corrected chi connectivity index (χ4v) is 3.35. The Hall–Kier alpha value is -0.860. The lowest BCUT2D eigenvalue weighted by molar-refractivity contribution is 0.160. The quantitative estimate of drug-likeness (QED) is 0.813. The van der Waals surface area contributed by atoms with Crippen molar-refractivity contribution < 1.29 is 5.11 Å². The molecule has 0 spiro atoms. The highest BCUT2D eigenvalue weighted by atomic mass is 16.3. The summed E-state index contributed by atoms with van der Waals surface area (Å²) in [6.07, 6.45) is 6.14. The number of aliphatic hydroxyl groups excluding tert-OH is 1. The molecule has 0 aliphatic heterocycles. The van der Waals surface area contributed by atoms with E-state index in [1.807, 2.05) is 0 Å². The Morgan fingerprint density at radius 2 is 1.81 bits per heavy atom. The molecular formula is C19H31NO. The summed E-state index contributed by atoms with van der Waals surface area (Å²) in [6.45, 7) is 7.35. The summed E-state index contributed by atoms with van der Waals surface area (Å²) in [5, 5.41) is 13.9. The summed E-state index contributed by atoms with van der Waals surface area (Å²) in [4.78, 5) is 0. The van der Waals surface area contributed by atoms with Gasteiger partial charge in [-0.25, -0.2) is 0 Å². The standard InChI is InChI=1S/C19H31NO/c1-4-15-6-5-7-18(12-15)20-13-19(21)17-10-8-16(9-11-17)14(2)3/h8-11,14-15,18-21H,4-7,12-13H2,1-3H3. The fraction of sp³-hybridized carbons (Fsp3) is 0.684. The van der Waals surface area contributed by atoms with E-state index < -0.39 is 6.10 Å². The van der Waals surface area contributed by atoms with Crippen LogP contribution in [0.1, 0.15) is 76.0 Å². The first-order valence-electron chi connectivity index (χ1n) is 8.61. The van der Waals surface area contributed by atoms with Crippen molar-refractivity contribution in [3.05, 3.63) is 35.4 Å². The predicted octanol–water partition coefficient (Wildman–Crippen LogP) is 4.40. The summed E-state index contributed by atoms with van der Waals surface area (Å²) >= 11 is 0. The van der Waals surface area contributed by atoms with Gasteiger partial charge in [0.25, 0.3) is 0 Å². The molecule has 2 nitrogen and oxygen atoms in total. The van der Waals surface area contributed by atoms with Gasteiger partial charge in [-0.15, -0.1) is 0 Å². The number of hydrogen-bond donors (Lipinski definition) is 2. The van der Waals surface area contributed by atoms with Gasteiger partial charge >= 0.3 is 0 Å². The van der Waals surface area contributed by atoms with Crippen LogP contribution in [0.3, 0.4) is 0 Å². The molecule has 3 unspecified atom stereocenters. The van der Waals surface area contributed by atoms with Crippen LogP contribution in [0, 0.1) is 5.92 Å². The topological polar surface area (TPSA) is 32.3 Å². The maximum Gasteiger partial charge on any atom is 0.0914 e. The van der Waals surface area contributed by atoms with Gasteiger partial charge in [-0.3, -0.25) is 0 Å². The van der Waals surface area contributed by atoms with Gasteiger partial charge < -0.3 is 10.4 Å². The molecular weight excluding hydrogens is 258 g/mol. The zero-order chi connectivity index (χ0) is 15.2. The number of rotatable bonds is 6. The summed E-state index contributed by atoms with van der Waals surface area (Å²) < 4.78 is 0. The van der Waals surface area contributed by atoms with Crippen molar-refractivity contribution in [2.45, 2.75) is 70.9 Å². The van der Waals surface area contributed by atoms with Crippen molar-refractivity contribution in [2.75, 3.05) is 6.54 Å². The van der Waals surface area contributed by atoms with Gasteiger partial charge in [0.2, 0.25) is 0 Å². The number of aliphatic hydroxyl groups is 1. The molecule has 0 aromatic heterocycles. The number of nitrogens with one attached hydrogen (secondary N) is 1. The van der Waals surface area contributed by atoms with E-state index in [1.54, 1.807) is 0 Å². The van der Waals surface area contributed by atoms with Crippen LogP contribution in [-0.2, 0) is 0 Å². The molecule has 1 aliphatic rings. The van der Waals surface area contributed by atoms with Crippen molar-refractivity contribution in [3.8, 4) is 0 Å². The van der Waals surface area contributed by atoms with Gasteiger partial charge in [0, 0.05) is 12.6 Å². The highest BCUT2D eigenvalue weighted by Crippen LogP contribution is 2.27. The first-order valence-corrected chi connectivity index (χ1v) is 8.61. The monoisotopic (exact) mass is 289 g/mol. The van der Waals surface area contributed by atoms with Gasteiger partial charge in [0.1, 0.15) is 0 Å².